The fourth-order valence-corrected chi connectivity index (χ4v) is 2.73. The molecule has 2 N–H and O–H groups in total. The predicted octanol–water partition coefficient (Wildman–Crippen LogP) is 0.560. The number of carbonyl (C=O) groups excluding carboxylic acids is 2. The Balaban J connectivity index is 2.75. The zero-order valence-corrected chi connectivity index (χ0v) is 14.2. The van der Waals surface area contributed by atoms with Gasteiger partial charge in [0.25, 0.3) is 5.91 Å². The summed E-state index contributed by atoms with van der Waals surface area (Å²) in [5, 5.41) is 10.9. The molecule has 0 aliphatic carbocycles. The summed E-state index contributed by atoms with van der Waals surface area (Å²) in [7, 11) is -3.74. The maximum atomic E-state index is 11.9. The molecular formula is C15H19N3O5S. The molecule has 0 radical (unpaired) electrons. The lowest BCUT2D eigenvalue weighted by molar-refractivity contribution is -0.128. The summed E-state index contributed by atoms with van der Waals surface area (Å²) in [5.41, 5.74) is 0.127. The van der Waals surface area contributed by atoms with Crippen LogP contribution in [0.4, 0.5) is 0 Å². The third kappa shape index (κ3) is 5.64. The summed E-state index contributed by atoms with van der Waals surface area (Å²) >= 11 is 0. The smallest absolute Gasteiger partial charge is 0.338 e. The molecule has 0 fully saturated rings. The predicted molar refractivity (Wildman–Crippen MR) is 85.4 cm³/mol. The van der Waals surface area contributed by atoms with Gasteiger partial charge in [-0.1, -0.05) is 0 Å². The molecule has 0 aliphatic rings. The monoisotopic (exact) mass is 353 g/mol. The standard InChI is InChI=1S/C15H19N3O5S/c1-3-17-14(19)11(2)23-15(20)12-5-7-13(8-6-12)24(21,22)18-10-4-9-16/h5-8,11,18H,3-4,10H2,1-2H3,(H,17,19)/t11-/m1/s1. The lowest BCUT2D eigenvalue weighted by atomic mass is 10.2. The first-order chi connectivity index (χ1) is 11.3. The summed E-state index contributed by atoms with van der Waals surface area (Å²) < 4.78 is 31.1. The summed E-state index contributed by atoms with van der Waals surface area (Å²) in [6.45, 7) is 3.62. The van der Waals surface area contributed by atoms with Crippen molar-refractivity contribution in [2.45, 2.75) is 31.3 Å². The highest BCUT2D eigenvalue weighted by molar-refractivity contribution is 7.89. The lowest BCUT2D eigenvalue weighted by Crippen LogP contribution is -2.35. The van der Waals surface area contributed by atoms with Crippen LogP contribution >= 0.6 is 0 Å². The van der Waals surface area contributed by atoms with Gasteiger partial charge in [0, 0.05) is 19.5 Å². The van der Waals surface area contributed by atoms with Gasteiger partial charge in [0.2, 0.25) is 10.0 Å². The third-order valence-corrected chi connectivity index (χ3v) is 4.41. The average Bonchev–Trinajstić information content (AvgIpc) is 2.55. The molecule has 0 unspecified atom stereocenters. The van der Waals surface area contributed by atoms with Crippen LogP contribution in [0.3, 0.4) is 0 Å². The molecule has 0 saturated heterocycles. The van der Waals surface area contributed by atoms with Gasteiger partial charge in [0.1, 0.15) is 0 Å². The van der Waals surface area contributed by atoms with Crippen molar-refractivity contribution in [1.82, 2.24) is 10.0 Å². The second-order valence-electron chi connectivity index (χ2n) is 4.77. The Morgan fingerprint density at radius 1 is 1.29 bits per heavy atom. The number of carbonyl (C=O) groups is 2. The molecule has 1 aromatic rings. The van der Waals surface area contributed by atoms with E-state index < -0.39 is 28.0 Å². The Hall–Kier alpha value is -2.44. The fraction of sp³-hybridized carbons (Fsp3) is 0.400. The zero-order chi connectivity index (χ0) is 18.2. The second-order valence-corrected chi connectivity index (χ2v) is 6.54. The Morgan fingerprint density at radius 2 is 1.92 bits per heavy atom. The Labute approximate surface area is 140 Å². The van der Waals surface area contributed by atoms with Gasteiger partial charge in [-0.3, -0.25) is 4.79 Å². The van der Waals surface area contributed by atoms with E-state index in [1.54, 1.807) is 6.92 Å². The first-order valence-electron chi connectivity index (χ1n) is 7.27. The largest absolute Gasteiger partial charge is 0.449 e. The average molecular weight is 353 g/mol. The van der Waals surface area contributed by atoms with Crippen LogP contribution < -0.4 is 10.0 Å². The van der Waals surface area contributed by atoms with E-state index in [-0.39, 0.29) is 23.4 Å². The Bertz CT molecular complexity index is 722. The highest BCUT2D eigenvalue weighted by Gasteiger charge is 2.19. The number of likely N-dealkylation sites (N-methyl/N-ethyl adjacent to an activating group) is 1. The van der Waals surface area contributed by atoms with Crippen LogP contribution in [0.25, 0.3) is 0 Å². The molecule has 130 valence electrons. The molecule has 1 atom stereocenters. The summed E-state index contributed by atoms with van der Waals surface area (Å²) in [5.74, 6) is -1.14. The van der Waals surface area contributed by atoms with Crippen molar-refractivity contribution in [3.8, 4) is 6.07 Å². The molecule has 8 nitrogen and oxygen atoms in total. The van der Waals surface area contributed by atoms with Gasteiger partial charge in [-0.05, 0) is 38.1 Å². The minimum Gasteiger partial charge on any atom is -0.449 e. The number of ether oxygens (including phenoxy) is 1. The van der Waals surface area contributed by atoms with Crippen molar-refractivity contribution in [2.75, 3.05) is 13.1 Å². The molecule has 9 heteroatoms. The van der Waals surface area contributed by atoms with Crippen LogP contribution in [0.15, 0.2) is 29.2 Å². The van der Waals surface area contributed by atoms with Crippen molar-refractivity contribution >= 4 is 21.9 Å². The number of esters is 1. The minimum atomic E-state index is -3.74. The topological polar surface area (TPSA) is 125 Å². The van der Waals surface area contributed by atoms with E-state index in [4.69, 9.17) is 10.00 Å². The molecule has 0 aromatic heterocycles. The van der Waals surface area contributed by atoms with Crippen LogP contribution in [0, 0.1) is 11.3 Å². The number of hydrogen-bond donors (Lipinski definition) is 2. The molecule has 1 rings (SSSR count). The molecule has 1 aromatic carbocycles. The SMILES string of the molecule is CCNC(=O)[C@@H](C)OC(=O)c1ccc(S(=O)(=O)NCCC#N)cc1. The number of nitriles is 1. The van der Waals surface area contributed by atoms with Crippen LogP contribution in [0.1, 0.15) is 30.6 Å². The molecule has 0 saturated carbocycles. The molecular weight excluding hydrogens is 334 g/mol. The fourth-order valence-electron chi connectivity index (χ4n) is 1.69. The Kier molecular flexibility index (Phi) is 7.35. The highest BCUT2D eigenvalue weighted by Crippen LogP contribution is 2.12. The van der Waals surface area contributed by atoms with Gasteiger partial charge in [-0.15, -0.1) is 0 Å². The number of benzene rings is 1. The van der Waals surface area contributed by atoms with Crippen molar-refractivity contribution < 1.29 is 22.7 Å². The summed E-state index contributed by atoms with van der Waals surface area (Å²) in [6, 6.07) is 6.93. The maximum absolute atomic E-state index is 11.9. The van der Waals surface area contributed by atoms with E-state index in [0.717, 1.165) is 0 Å². The number of amides is 1. The quantitative estimate of drug-likeness (QED) is 0.519. The van der Waals surface area contributed by atoms with Crippen molar-refractivity contribution in [1.29, 1.82) is 5.26 Å². The first kappa shape index (κ1) is 19.6. The molecule has 1 amide bonds. The first-order valence-corrected chi connectivity index (χ1v) is 8.75. The van der Waals surface area contributed by atoms with Gasteiger partial charge < -0.3 is 10.1 Å². The van der Waals surface area contributed by atoms with E-state index in [9.17, 15) is 18.0 Å². The van der Waals surface area contributed by atoms with Gasteiger partial charge in [-0.2, -0.15) is 5.26 Å². The normalized spacial score (nSPS) is 12.0. The Morgan fingerprint density at radius 3 is 2.46 bits per heavy atom. The van der Waals surface area contributed by atoms with E-state index in [0.29, 0.717) is 6.54 Å². The number of hydrogen-bond acceptors (Lipinski definition) is 6. The van der Waals surface area contributed by atoms with E-state index in [1.807, 2.05) is 6.07 Å². The van der Waals surface area contributed by atoms with Gasteiger partial charge in [-0.25, -0.2) is 17.9 Å². The third-order valence-electron chi connectivity index (χ3n) is 2.93. The van der Waals surface area contributed by atoms with Crippen LogP contribution in [0.2, 0.25) is 0 Å². The van der Waals surface area contributed by atoms with E-state index >= 15 is 0 Å². The van der Waals surface area contributed by atoms with Crippen molar-refractivity contribution in [3.63, 3.8) is 0 Å². The highest BCUT2D eigenvalue weighted by atomic mass is 32.2. The number of nitrogens with zero attached hydrogens (tertiary/aromatic N) is 1. The van der Waals surface area contributed by atoms with Crippen LogP contribution in [-0.2, 0) is 19.6 Å². The van der Waals surface area contributed by atoms with Gasteiger partial charge in [0.15, 0.2) is 6.10 Å². The van der Waals surface area contributed by atoms with Crippen molar-refractivity contribution in [2.24, 2.45) is 0 Å². The van der Waals surface area contributed by atoms with Gasteiger partial charge in [0.05, 0.1) is 16.5 Å². The molecule has 24 heavy (non-hydrogen) atoms. The molecule has 0 aliphatic heterocycles. The number of nitrogens with one attached hydrogen (secondary N) is 2. The van der Waals surface area contributed by atoms with Crippen LogP contribution in [0.5, 0.6) is 0 Å². The van der Waals surface area contributed by atoms with E-state index in [2.05, 4.69) is 10.0 Å². The maximum Gasteiger partial charge on any atom is 0.338 e. The van der Waals surface area contributed by atoms with E-state index in [1.165, 1.54) is 31.2 Å². The second kappa shape index (κ2) is 9.00. The number of sulfonamides is 1. The zero-order valence-electron chi connectivity index (χ0n) is 13.4. The van der Waals surface area contributed by atoms with Crippen LogP contribution in [-0.4, -0.2) is 39.5 Å². The molecule has 0 bridgehead atoms. The molecule has 0 heterocycles. The van der Waals surface area contributed by atoms with Crippen molar-refractivity contribution in [3.05, 3.63) is 29.8 Å². The summed E-state index contributed by atoms with van der Waals surface area (Å²) in [4.78, 5) is 23.4. The molecule has 0 spiro atoms. The lowest BCUT2D eigenvalue weighted by Gasteiger charge is -2.13. The van der Waals surface area contributed by atoms with Gasteiger partial charge >= 0.3 is 5.97 Å². The number of rotatable bonds is 8. The summed E-state index contributed by atoms with van der Waals surface area (Å²) in [6.07, 6.45) is -0.894. The minimum absolute atomic E-state index is 0.00663.